The minimum absolute atomic E-state index is 0.487. The average molecular weight is 1150 g/mol. The second-order valence-electron chi connectivity index (χ2n) is 25.0. The molecule has 10 heteroatoms. The second-order valence-corrected chi connectivity index (χ2v) is 30.1. The molecule has 2 aliphatic carbocycles. The highest BCUT2D eigenvalue weighted by Crippen LogP contribution is 2.74. The number of fused-ring (bicyclic) bond motifs is 11. The molecule has 0 amide bonds. The van der Waals surface area contributed by atoms with Crippen molar-refractivity contribution in [1.29, 1.82) is 0 Å². The van der Waals surface area contributed by atoms with Crippen LogP contribution in [0, 0.1) is 0 Å². The van der Waals surface area contributed by atoms with Gasteiger partial charge in [0.2, 0.25) is 0 Å². The van der Waals surface area contributed by atoms with Gasteiger partial charge in [0.15, 0.2) is 20.0 Å². The predicted octanol–water partition coefficient (Wildman–Crippen LogP) is 18.1. The van der Waals surface area contributed by atoms with Gasteiger partial charge in [0.1, 0.15) is 17.2 Å². The third-order valence-corrected chi connectivity index (χ3v) is 26.4. The zero-order valence-corrected chi connectivity index (χ0v) is 49.0. The molecule has 0 aromatic heterocycles. The lowest BCUT2D eigenvalue weighted by atomic mass is 9.81. The van der Waals surface area contributed by atoms with E-state index in [4.69, 9.17) is 9.47 Å². The molecule has 408 valence electrons. The maximum atomic E-state index is 18.7. The Balaban J connectivity index is 0.970. The van der Waals surface area contributed by atoms with Crippen LogP contribution in [-0.2, 0) is 20.0 Å². The monoisotopic (exact) mass is 1140 g/mol. The van der Waals surface area contributed by atoms with Gasteiger partial charge < -0.3 is 38.2 Å². The van der Waals surface area contributed by atoms with Crippen LogP contribution in [0.2, 0.25) is 0 Å². The molecule has 2 atom stereocenters. The number of ether oxygens (including phenoxy) is 2. The minimum Gasteiger partial charge on any atom is -0.456 e. The van der Waals surface area contributed by atoms with E-state index >= 15 is 9.13 Å². The van der Waals surface area contributed by atoms with Crippen molar-refractivity contribution in [1.82, 2.24) is 0 Å². The Morgan fingerprint density at radius 1 is 0.326 bits per heavy atom. The van der Waals surface area contributed by atoms with Crippen molar-refractivity contribution in [3.05, 3.63) is 253 Å². The largest absolute Gasteiger partial charge is 0.456 e. The normalized spacial score (nSPS) is 19.2. The van der Waals surface area contributed by atoms with E-state index < -0.39 is 25.1 Å². The molecule has 20 rings (SSSR count). The third kappa shape index (κ3) is 5.36. The first kappa shape index (κ1) is 47.5. The van der Waals surface area contributed by atoms with Crippen LogP contribution in [0.4, 0.5) is 68.2 Å². The van der Waals surface area contributed by atoms with E-state index in [0.717, 1.165) is 106 Å². The maximum Gasteiger partial charge on any atom is 0.186 e. The zero-order valence-electron chi connectivity index (χ0n) is 47.3. The van der Waals surface area contributed by atoms with Crippen molar-refractivity contribution >= 4 is 125 Å². The fourth-order valence-electron chi connectivity index (χ4n) is 16.8. The lowest BCUT2D eigenvalue weighted by molar-refractivity contribution is 0.485. The molecule has 12 aromatic rings. The zero-order chi connectivity index (χ0) is 57.1. The van der Waals surface area contributed by atoms with Crippen LogP contribution >= 0.6 is 14.3 Å². The Morgan fingerprint density at radius 3 is 1.33 bits per heavy atom. The van der Waals surface area contributed by atoms with E-state index in [1.807, 2.05) is 24.3 Å². The van der Waals surface area contributed by atoms with Crippen molar-refractivity contribution in [2.45, 2.75) is 38.5 Å². The van der Waals surface area contributed by atoms with Crippen molar-refractivity contribution in [3.63, 3.8) is 0 Å². The fourth-order valence-corrected chi connectivity index (χ4v) is 23.8. The van der Waals surface area contributed by atoms with Crippen molar-refractivity contribution in [2.75, 3.05) is 19.6 Å². The standard InChI is InChI=1S/C76H50N4O4P2/c1-75(2)52-33-19-17-31-48(52)50-41-58-71-66(63(50)75)80(47-29-15-8-16-30-47)56-37-22-38-59-70(56)86(71,82)72-57(77(58)44-23-9-5-10-24-44)39-43-40-60-73-65(62(43)68(72)84-59)78(45-25-11-6-12-26-45)54-35-21-36-55-69(54)85(73,81)74-61(83-60)42-51-49-32-18-20-34-53(49)76(3,4)64(51)67(74)79(55)46-27-13-7-14-28-46/h5-42H,1-4H3. The van der Waals surface area contributed by atoms with Gasteiger partial charge in [-0.3, -0.25) is 0 Å². The number of nitrogens with zero attached hydrogens (tertiary/aromatic N) is 4. The van der Waals surface area contributed by atoms with Gasteiger partial charge in [-0.05, 0) is 147 Å². The summed E-state index contributed by atoms with van der Waals surface area (Å²) >= 11 is 0. The van der Waals surface area contributed by atoms with Crippen LogP contribution in [-0.4, -0.2) is 0 Å². The molecule has 12 aromatic carbocycles. The summed E-state index contributed by atoms with van der Waals surface area (Å²) in [5.74, 6) is 2.12. The van der Waals surface area contributed by atoms with Crippen molar-refractivity contribution in [2.24, 2.45) is 0 Å². The fraction of sp³-hybridized carbons (Fsp3) is 0.0789. The summed E-state index contributed by atoms with van der Waals surface area (Å²) in [7, 11) is -7.98. The number of benzene rings is 12. The number of para-hydroxylation sites is 4. The minimum atomic E-state index is -4.00. The lowest BCUT2D eigenvalue weighted by Gasteiger charge is -2.50. The van der Waals surface area contributed by atoms with E-state index in [1.165, 1.54) is 16.7 Å². The number of anilines is 12. The van der Waals surface area contributed by atoms with Crippen LogP contribution in [0.25, 0.3) is 33.0 Å². The van der Waals surface area contributed by atoms with Gasteiger partial charge in [-0.25, -0.2) is 0 Å². The molecule has 6 heterocycles. The highest BCUT2D eigenvalue weighted by molar-refractivity contribution is 7.88. The van der Waals surface area contributed by atoms with Crippen LogP contribution < -0.4 is 60.9 Å². The first-order valence-corrected chi connectivity index (χ1v) is 33.0. The summed E-state index contributed by atoms with van der Waals surface area (Å²) in [5.41, 5.74) is 18.5. The van der Waals surface area contributed by atoms with Gasteiger partial charge >= 0.3 is 0 Å². The molecule has 0 radical (unpaired) electrons. The van der Waals surface area contributed by atoms with E-state index in [-0.39, 0.29) is 0 Å². The highest BCUT2D eigenvalue weighted by Gasteiger charge is 2.61. The second kappa shape index (κ2) is 15.7. The molecule has 2 unspecified atom stereocenters. The third-order valence-electron chi connectivity index (χ3n) is 20.0. The highest BCUT2D eigenvalue weighted by atomic mass is 31.2. The maximum absolute atomic E-state index is 18.7. The van der Waals surface area contributed by atoms with E-state index in [1.54, 1.807) is 0 Å². The first-order valence-electron chi connectivity index (χ1n) is 29.6. The number of hydrogen-bond donors (Lipinski definition) is 0. The van der Waals surface area contributed by atoms with Crippen LogP contribution in [0.15, 0.2) is 231 Å². The lowest BCUT2D eigenvalue weighted by Crippen LogP contribution is -2.47. The summed E-state index contributed by atoms with van der Waals surface area (Å²) in [5, 5.41) is 5.64. The molecule has 0 saturated heterocycles. The van der Waals surface area contributed by atoms with Gasteiger partial charge in [-0.2, -0.15) is 0 Å². The molecule has 0 spiro atoms. The molecular weight excluding hydrogens is 1090 g/mol. The van der Waals surface area contributed by atoms with Gasteiger partial charge in [0.05, 0.1) is 82.7 Å². The Hall–Kier alpha value is -9.84. The Bertz CT molecular complexity index is 5280. The summed E-state index contributed by atoms with van der Waals surface area (Å²) in [6.07, 6.45) is 0. The Morgan fingerprint density at radius 2 is 0.756 bits per heavy atom. The van der Waals surface area contributed by atoms with Gasteiger partial charge in [0.25, 0.3) is 0 Å². The molecular formula is C76H50N4O4P2. The van der Waals surface area contributed by atoms with E-state index in [0.29, 0.717) is 55.3 Å². The van der Waals surface area contributed by atoms with Gasteiger partial charge in [-0.1, -0.05) is 161 Å². The molecule has 86 heavy (non-hydrogen) atoms. The Kier molecular flexibility index (Phi) is 8.68. The summed E-state index contributed by atoms with van der Waals surface area (Å²) in [6.45, 7) is 9.25. The predicted molar refractivity (Wildman–Crippen MR) is 351 cm³/mol. The number of hydrogen-bond acceptors (Lipinski definition) is 8. The van der Waals surface area contributed by atoms with Crippen LogP contribution in [0.1, 0.15) is 49.9 Å². The Labute approximate surface area is 497 Å². The van der Waals surface area contributed by atoms with Crippen molar-refractivity contribution in [3.8, 4) is 45.3 Å². The van der Waals surface area contributed by atoms with Crippen LogP contribution in [0.3, 0.4) is 0 Å². The smallest absolute Gasteiger partial charge is 0.186 e. The van der Waals surface area contributed by atoms with E-state index in [2.05, 4.69) is 254 Å². The molecule has 0 fully saturated rings. The molecule has 0 N–H and O–H groups in total. The molecule has 8 nitrogen and oxygen atoms in total. The summed E-state index contributed by atoms with van der Waals surface area (Å²) in [4.78, 5) is 9.35. The quantitative estimate of drug-likeness (QED) is 0.162. The summed E-state index contributed by atoms with van der Waals surface area (Å²) < 4.78 is 52.7. The molecule has 6 aliphatic heterocycles. The SMILES string of the molecule is CC1(C)c2ccccc2-c2cc3c4c(c21)N(c1ccccc1)c1cccc2c1P4(=O)c1c(cc4cc5c6c(c4c1N2c1ccccc1)Oc1cccc2c1P6(=O)c1c(cc4c(c1N2c1ccccc1)C(C)(C)c1ccccc1-4)N5c1ccccc1)O3. The van der Waals surface area contributed by atoms with E-state index in [9.17, 15) is 0 Å². The number of rotatable bonds is 4. The first-order chi connectivity index (χ1) is 42.0. The van der Waals surface area contributed by atoms with Gasteiger partial charge in [0, 0.05) is 33.6 Å². The molecule has 8 aliphatic rings. The van der Waals surface area contributed by atoms with Crippen molar-refractivity contribution < 1.29 is 18.6 Å². The molecule has 0 bridgehead atoms. The van der Waals surface area contributed by atoms with Crippen LogP contribution in [0.5, 0.6) is 23.0 Å². The van der Waals surface area contributed by atoms with Gasteiger partial charge in [-0.15, -0.1) is 0 Å². The molecule has 0 saturated carbocycles. The topological polar surface area (TPSA) is 65.6 Å². The summed E-state index contributed by atoms with van der Waals surface area (Å²) in [6, 6.07) is 80.9. The average Bonchev–Trinajstić information content (AvgIpc) is 0.891.